The first-order valence-corrected chi connectivity index (χ1v) is 12.8. The van der Waals surface area contributed by atoms with E-state index in [1.807, 2.05) is 10.7 Å². The molecule has 0 amide bonds. The van der Waals surface area contributed by atoms with Crippen molar-refractivity contribution in [2.75, 3.05) is 37.8 Å². The average molecular weight is 480 g/mol. The first-order chi connectivity index (χ1) is 17.1. The monoisotopic (exact) mass is 479 g/mol. The van der Waals surface area contributed by atoms with E-state index in [1.165, 1.54) is 12.0 Å². The lowest BCUT2D eigenvalue weighted by Crippen LogP contribution is -2.51. The van der Waals surface area contributed by atoms with E-state index in [2.05, 4.69) is 44.3 Å². The molecule has 9 heteroatoms. The zero-order chi connectivity index (χ0) is 24.4. The van der Waals surface area contributed by atoms with Gasteiger partial charge in [0.25, 0.3) is 0 Å². The van der Waals surface area contributed by atoms with Crippen molar-refractivity contribution in [3.05, 3.63) is 35.5 Å². The number of fused-ring (bicyclic) bond motifs is 3. The molecule has 0 radical (unpaired) electrons. The molecule has 1 aromatic carbocycles. The number of aliphatic hydroxyl groups is 1. The van der Waals surface area contributed by atoms with Gasteiger partial charge in [-0.05, 0) is 48.8 Å². The van der Waals surface area contributed by atoms with Crippen LogP contribution < -0.4 is 15.8 Å². The first-order valence-electron chi connectivity index (χ1n) is 12.8. The highest BCUT2D eigenvalue weighted by molar-refractivity contribution is 5.86. The molecular formula is C26H37N7O2. The number of hydrogen-bond acceptors (Lipinski definition) is 8. The summed E-state index contributed by atoms with van der Waals surface area (Å²) < 4.78 is 7.62. The smallest absolute Gasteiger partial charge is 0.222 e. The van der Waals surface area contributed by atoms with Gasteiger partial charge in [-0.3, -0.25) is 9.58 Å². The van der Waals surface area contributed by atoms with Crippen LogP contribution in [0.3, 0.4) is 0 Å². The summed E-state index contributed by atoms with van der Waals surface area (Å²) in [6.45, 7) is 6.33. The number of nitrogens with one attached hydrogen (secondary N) is 1. The third-order valence-electron chi connectivity index (χ3n) is 7.50. The van der Waals surface area contributed by atoms with Crippen molar-refractivity contribution in [3.8, 4) is 5.75 Å². The van der Waals surface area contributed by atoms with Gasteiger partial charge in [-0.2, -0.15) is 10.1 Å². The highest BCUT2D eigenvalue weighted by Gasteiger charge is 2.38. The maximum absolute atomic E-state index is 10.5. The van der Waals surface area contributed by atoms with Gasteiger partial charge in [0.15, 0.2) is 5.82 Å². The van der Waals surface area contributed by atoms with Crippen molar-refractivity contribution in [2.24, 2.45) is 11.8 Å². The predicted molar refractivity (Wildman–Crippen MR) is 137 cm³/mol. The maximum Gasteiger partial charge on any atom is 0.222 e. The number of aliphatic hydroxyl groups excluding tert-OH is 1. The molecule has 188 valence electrons. The van der Waals surface area contributed by atoms with Crippen LogP contribution in [0.4, 0.5) is 11.8 Å². The fourth-order valence-electron chi connectivity index (χ4n) is 5.75. The van der Waals surface area contributed by atoms with Gasteiger partial charge in [0.05, 0.1) is 26.0 Å². The summed E-state index contributed by atoms with van der Waals surface area (Å²) in [5.74, 6) is 2.60. The molecule has 9 nitrogen and oxygen atoms in total. The van der Waals surface area contributed by atoms with Crippen LogP contribution in [0.2, 0.25) is 0 Å². The summed E-state index contributed by atoms with van der Waals surface area (Å²) in [7, 11) is 1.70. The molecule has 2 fully saturated rings. The molecule has 3 aromatic rings. The molecule has 1 aliphatic heterocycles. The fourth-order valence-corrected chi connectivity index (χ4v) is 5.75. The third kappa shape index (κ3) is 5.06. The number of nitrogens with zero attached hydrogens (tertiary/aromatic N) is 5. The standard InChI is InChI=1S/C26H37N7O2/c1-3-4-10-28-25-23-21(30-26(27)31-25)12-29-33(23)16-20-11-17(8-9-22(20)35-2)13-32-14-18-6-5-7-19(15-32)24(18)34/h8-9,11-12,18-19,24,34H,3-7,10,13-16H2,1-2H3,(H3,27,28,30,31). The van der Waals surface area contributed by atoms with Crippen LogP contribution in [0.1, 0.15) is 50.2 Å². The van der Waals surface area contributed by atoms with Gasteiger partial charge in [0.1, 0.15) is 16.8 Å². The van der Waals surface area contributed by atoms with E-state index < -0.39 is 0 Å². The number of nitrogen functional groups attached to an aromatic ring is 1. The molecule has 1 aliphatic carbocycles. The van der Waals surface area contributed by atoms with Crippen LogP contribution in [0, 0.1) is 11.8 Å². The number of unbranched alkanes of at least 4 members (excludes halogenated alkanes) is 1. The maximum atomic E-state index is 10.5. The Balaban J connectivity index is 1.39. The number of methoxy groups -OCH3 is 1. The van der Waals surface area contributed by atoms with Gasteiger partial charge in [-0.1, -0.05) is 25.8 Å². The Bertz CT molecular complexity index is 1150. The number of aromatic nitrogens is 4. The van der Waals surface area contributed by atoms with Crippen molar-refractivity contribution in [1.82, 2.24) is 24.6 Å². The lowest BCUT2D eigenvalue weighted by Gasteiger charge is -2.45. The van der Waals surface area contributed by atoms with Crippen LogP contribution in [0.25, 0.3) is 11.0 Å². The summed E-state index contributed by atoms with van der Waals surface area (Å²) >= 11 is 0. The molecule has 2 aliphatic rings. The SMILES string of the molecule is CCCCNc1nc(N)nc2cnn(Cc3cc(CN4CC5CCCC(C4)C5O)ccc3OC)c12. The van der Waals surface area contributed by atoms with E-state index >= 15 is 0 Å². The van der Waals surface area contributed by atoms with Crippen molar-refractivity contribution in [2.45, 2.75) is 58.2 Å². The molecular weight excluding hydrogens is 442 g/mol. The second-order valence-electron chi connectivity index (χ2n) is 10.0. The second kappa shape index (κ2) is 10.4. The van der Waals surface area contributed by atoms with E-state index in [0.29, 0.717) is 24.2 Å². The Hall–Kier alpha value is -2.91. The number of piperidine rings is 1. The number of hydrogen-bond donors (Lipinski definition) is 3. The number of rotatable bonds is 9. The summed E-state index contributed by atoms with van der Waals surface area (Å²) in [4.78, 5) is 11.3. The molecule has 3 heterocycles. The lowest BCUT2D eigenvalue weighted by atomic mass is 9.75. The number of anilines is 2. The predicted octanol–water partition coefficient (Wildman–Crippen LogP) is 3.27. The first kappa shape index (κ1) is 23.8. The molecule has 5 rings (SSSR count). The van der Waals surface area contributed by atoms with Gasteiger partial charge in [0.2, 0.25) is 5.95 Å². The van der Waals surface area contributed by atoms with Crippen molar-refractivity contribution in [1.29, 1.82) is 0 Å². The van der Waals surface area contributed by atoms with Gasteiger partial charge in [0, 0.05) is 31.7 Å². The molecule has 35 heavy (non-hydrogen) atoms. The average Bonchev–Trinajstić information content (AvgIpc) is 3.22. The number of benzene rings is 1. The zero-order valence-corrected chi connectivity index (χ0v) is 20.8. The van der Waals surface area contributed by atoms with Crippen molar-refractivity contribution < 1.29 is 9.84 Å². The highest BCUT2D eigenvalue weighted by Crippen LogP contribution is 2.35. The summed E-state index contributed by atoms with van der Waals surface area (Å²) in [5.41, 5.74) is 9.83. The Morgan fingerprint density at radius 3 is 2.71 bits per heavy atom. The van der Waals surface area contributed by atoms with Gasteiger partial charge in [-0.15, -0.1) is 0 Å². The number of nitrogens with two attached hydrogens (primary N) is 1. The Labute approximate surface area is 206 Å². The Morgan fingerprint density at radius 1 is 1.17 bits per heavy atom. The van der Waals surface area contributed by atoms with Gasteiger partial charge in [-0.25, -0.2) is 4.98 Å². The minimum absolute atomic E-state index is 0.129. The van der Waals surface area contributed by atoms with Crippen molar-refractivity contribution in [3.63, 3.8) is 0 Å². The van der Waals surface area contributed by atoms with Crippen LogP contribution in [-0.2, 0) is 13.1 Å². The molecule has 1 saturated heterocycles. The minimum Gasteiger partial charge on any atom is -0.496 e. The lowest BCUT2D eigenvalue weighted by molar-refractivity contribution is -0.0517. The van der Waals surface area contributed by atoms with Crippen LogP contribution >= 0.6 is 0 Å². The summed E-state index contributed by atoms with van der Waals surface area (Å²) in [6.07, 6.45) is 7.27. The molecule has 2 aromatic heterocycles. The van der Waals surface area contributed by atoms with Gasteiger partial charge < -0.3 is 20.9 Å². The molecule has 2 atom stereocenters. The molecule has 4 N–H and O–H groups in total. The van der Waals surface area contributed by atoms with E-state index in [-0.39, 0.29) is 12.1 Å². The molecule has 2 bridgehead atoms. The van der Waals surface area contributed by atoms with E-state index in [4.69, 9.17) is 10.5 Å². The summed E-state index contributed by atoms with van der Waals surface area (Å²) in [5, 5.41) is 18.6. The summed E-state index contributed by atoms with van der Waals surface area (Å²) in [6, 6.07) is 6.41. The topological polar surface area (TPSA) is 114 Å². The van der Waals surface area contributed by atoms with Crippen molar-refractivity contribution >= 4 is 22.8 Å². The van der Waals surface area contributed by atoms with E-state index in [9.17, 15) is 5.11 Å². The van der Waals surface area contributed by atoms with Crippen LogP contribution in [0.5, 0.6) is 5.75 Å². The van der Waals surface area contributed by atoms with Gasteiger partial charge >= 0.3 is 0 Å². The molecule has 0 spiro atoms. The number of ether oxygens (including phenoxy) is 1. The Kier molecular flexibility index (Phi) is 7.06. The largest absolute Gasteiger partial charge is 0.496 e. The van der Waals surface area contributed by atoms with E-state index in [1.54, 1.807) is 13.3 Å². The van der Waals surface area contributed by atoms with E-state index in [0.717, 1.165) is 74.2 Å². The van der Waals surface area contributed by atoms with Crippen LogP contribution in [-0.4, -0.2) is 62.6 Å². The van der Waals surface area contributed by atoms with Crippen LogP contribution in [0.15, 0.2) is 24.4 Å². The zero-order valence-electron chi connectivity index (χ0n) is 20.8. The number of likely N-dealkylation sites (tertiary alicyclic amines) is 1. The normalized spacial score (nSPS) is 22.4. The minimum atomic E-state index is -0.129. The molecule has 2 unspecified atom stereocenters. The Morgan fingerprint density at radius 2 is 1.97 bits per heavy atom. The fraction of sp³-hybridized carbons (Fsp3) is 0.577. The quantitative estimate of drug-likeness (QED) is 0.401. The molecule has 1 saturated carbocycles. The second-order valence-corrected chi connectivity index (χ2v) is 10.0. The highest BCUT2D eigenvalue weighted by atomic mass is 16.5. The third-order valence-corrected chi connectivity index (χ3v) is 7.50.